The molecule has 0 bridgehead atoms. The van der Waals surface area contributed by atoms with Gasteiger partial charge in [-0.2, -0.15) is 0 Å². The molecule has 3 rings (SSSR count). The molecule has 0 saturated heterocycles. The minimum Gasteiger partial charge on any atom is -0.490 e. The van der Waals surface area contributed by atoms with Crippen LogP contribution < -0.4 is 14.8 Å². The number of benzene rings is 1. The van der Waals surface area contributed by atoms with Crippen LogP contribution in [0.2, 0.25) is 0 Å². The molecule has 2 aliphatic rings. The van der Waals surface area contributed by atoms with Crippen LogP contribution in [-0.4, -0.2) is 33.9 Å². The van der Waals surface area contributed by atoms with Crippen molar-refractivity contribution in [3.63, 3.8) is 0 Å². The number of hydrogen-bond donors (Lipinski definition) is 1. The van der Waals surface area contributed by atoms with Crippen molar-refractivity contribution in [1.29, 1.82) is 0 Å². The van der Waals surface area contributed by atoms with Gasteiger partial charge in [-0.3, -0.25) is 0 Å². The molecule has 0 aliphatic carbocycles. The van der Waals surface area contributed by atoms with Crippen molar-refractivity contribution in [2.75, 3.05) is 20.3 Å². The SMILES string of the molecule is CNC1c2cc3c(cc2S(=O)(=O)C1C)OCCCO3. The molecule has 104 valence electrons. The lowest BCUT2D eigenvalue weighted by Crippen LogP contribution is -2.26. The number of ether oxygens (including phenoxy) is 2. The van der Waals surface area contributed by atoms with Gasteiger partial charge in [0.15, 0.2) is 21.3 Å². The van der Waals surface area contributed by atoms with Crippen LogP contribution in [0, 0.1) is 0 Å². The molecule has 5 nitrogen and oxygen atoms in total. The Balaban J connectivity index is 2.19. The first-order chi connectivity index (χ1) is 9.05. The van der Waals surface area contributed by atoms with Crippen LogP contribution in [0.3, 0.4) is 0 Å². The topological polar surface area (TPSA) is 64.6 Å². The highest BCUT2D eigenvalue weighted by molar-refractivity contribution is 7.92. The fourth-order valence-corrected chi connectivity index (χ4v) is 4.54. The molecule has 1 N–H and O–H groups in total. The Morgan fingerprint density at radius 3 is 2.47 bits per heavy atom. The molecule has 1 aromatic carbocycles. The smallest absolute Gasteiger partial charge is 0.183 e. The zero-order chi connectivity index (χ0) is 13.6. The summed E-state index contributed by atoms with van der Waals surface area (Å²) in [6, 6.07) is 3.22. The van der Waals surface area contributed by atoms with Gasteiger partial charge in [-0.05, 0) is 25.6 Å². The monoisotopic (exact) mass is 283 g/mol. The maximum absolute atomic E-state index is 12.4. The number of fused-ring (bicyclic) bond motifs is 2. The number of hydrogen-bond acceptors (Lipinski definition) is 5. The molecular weight excluding hydrogens is 266 g/mol. The van der Waals surface area contributed by atoms with E-state index in [-0.39, 0.29) is 6.04 Å². The van der Waals surface area contributed by atoms with Gasteiger partial charge >= 0.3 is 0 Å². The molecule has 19 heavy (non-hydrogen) atoms. The van der Waals surface area contributed by atoms with Gasteiger partial charge in [0.25, 0.3) is 0 Å². The van der Waals surface area contributed by atoms with E-state index in [1.54, 1.807) is 26.1 Å². The average Bonchev–Trinajstić information content (AvgIpc) is 2.57. The second-order valence-electron chi connectivity index (χ2n) is 4.90. The number of rotatable bonds is 1. The van der Waals surface area contributed by atoms with Gasteiger partial charge in [-0.1, -0.05) is 0 Å². The Bertz CT molecular complexity index is 611. The largest absolute Gasteiger partial charge is 0.490 e. The highest BCUT2D eigenvalue weighted by Gasteiger charge is 2.42. The Morgan fingerprint density at radius 2 is 1.84 bits per heavy atom. The first kappa shape index (κ1) is 12.7. The van der Waals surface area contributed by atoms with E-state index in [0.29, 0.717) is 29.6 Å². The van der Waals surface area contributed by atoms with Crippen LogP contribution in [-0.2, 0) is 9.84 Å². The summed E-state index contributed by atoms with van der Waals surface area (Å²) in [5.41, 5.74) is 0.777. The molecule has 2 heterocycles. The van der Waals surface area contributed by atoms with E-state index in [9.17, 15) is 8.42 Å². The Morgan fingerprint density at radius 1 is 1.21 bits per heavy atom. The highest BCUT2D eigenvalue weighted by atomic mass is 32.2. The number of nitrogens with one attached hydrogen (secondary N) is 1. The minimum atomic E-state index is -3.29. The summed E-state index contributed by atoms with van der Waals surface area (Å²) in [6.07, 6.45) is 0.804. The van der Waals surface area contributed by atoms with Gasteiger partial charge in [-0.15, -0.1) is 0 Å². The predicted octanol–water partition coefficient (Wildman–Crippen LogP) is 1.28. The highest BCUT2D eigenvalue weighted by Crippen LogP contribution is 2.44. The maximum Gasteiger partial charge on any atom is 0.183 e. The summed E-state index contributed by atoms with van der Waals surface area (Å²) in [6.45, 7) is 2.87. The van der Waals surface area contributed by atoms with Gasteiger partial charge < -0.3 is 14.8 Å². The Kier molecular flexibility index (Phi) is 2.94. The third-order valence-corrected chi connectivity index (χ3v) is 6.01. The van der Waals surface area contributed by atoms with E-state index in [1.165, 1.54) is 0 Å². The normalized spacial score (nSPS) is 27.7. The first-order valence-electron chi connectivity index (χ1n) is 6.40. The summed E-state index contributed by atoms with van der Waals surface area (Å²) < 4.78 is 36.0. The van der Waals surface area contributed by atoms with Crippen molar-refractivity contribution in [2.45, 2.75) is 29.5 Å². The van der Waals surface area contributed by atoms with Crippen LogP contribution in [0.4, 0.5) is 0 Å². The molecule has 0 saturated carbocycles. The van der Waals surface area contributed by atoms with E-state index in [4.69, 9.17) is 9.47 Å². The molecule has 0 amide bonds. The summed E-state index contributed by atoms with van der Waals surface area (Å²) in [7, 11) is -1.52. The van der Waals surface area contributed by atoms with Gasteiger partial charge in [0.05, 0.1) is 29.4 Å². The van der Waals surface area contributed by atoms with Crippen LogP contribution in [0.15, 0.2) is 17.0 Å². The molecule has 2 atom stereocenters. The first-order valence-corrected chi connectivity index (χ1v) is 7.95. The van der Waals surface area contributed by atoms with Gasteiger partial charge in [0, 0.05) is 12.5 Å². The van der Waals surface area contributed by atoms with Crippen LogP contribution >= 0.6 is 0 Å². The molecular formula is C13H17NO4S. The summed E-state index contributed by atoms with van der Waals surface area (Å²) in [4.78, 5) is 0.364. The van der Waals surface area contributed by atoms with Crippen molar-refractivity contribution >= 4 is 9.84 Å². The van der Waals surface area contributed by atoms with Gasteiger partial charge in [0.1, 0.15) is 0 Å². The Hall–Kier alpha value is -1.27. The summed E-state index contributed by atoms with van der Waals surface area (Å²) in [5.74, 6) is 1.17. The molecule has 0 spiro atoms. The fraction of sp³-hybridized carbons (Fsp3) is 0.538. The van der Waals surface area contributed by atoms with Crippen molar-refractivity contribution in [3.05, 3.63) is 17.7 Å². The van der Waals surface area contributed by atoms with E-state index >= 15 is 0 Å². The summed E-state index contributed by atoms with van der Waals surface area (Å²) >= 11 is 0. The maximum atomic E-state index is 12.4. The molecule has 1 aromatic rings. The molecule has 6 heteroatoms. The van der Waals surface area contributed by atoms with Gasteiger partial charge in [0.2, 0.25) is 0 Å². The fourth-order valence-electron chi connectivity index (χ4n) is 2.72. The lowest BCUT2D eigenvalue weighted by Gasteiger charge is -2.14. The van der Waals surface area contributed by atoms with E-state index in [1.807, 2.05) is 0 Å². The molecule has 0 fully saturated rings. The third-order valence-electron chi connectivity index (χ3n) is 3.79. The van der Waals surface area contributed by atoms with Crippen molar-refractivity contribution < 1.29 is 17.9 Å². The Labute approximate surface area is 112 Å². The zero-order valence-corrected chi connectivity index (χ0v) is 11.8. The quantitative estimate of drug-likeness (QED) is 0.841. The molecule has 2 unspecified atom stereocenters. The molecule has 0 aromatic heterocycles. The van der Waals surface area contributed by atoms with Crippen molar-refractivity contribution in [3.8, 4) is 11.5 Å². The van der Waals surface area contributed by atoms with E-state index in [0.717, 1.165) is 12.0 Å². The standard InChI is InChI=1S/C13H17NO4S/c1-8-13(14-2)9-6-10-11(18-5-3-4-17-10)7-12(9)19(8,15)16/h6-8,13-14H,3-5H2,1-2H3. The van der Waals surface area contributed by atoms with Crippen molar-refractivity contribution in [2.24, 2.45) is 0 Å². The number of sulfone groups is 1. The second kappa shape index (κ2) is 4.38. The predicted molar refractivity (Wildman–Crippen MR) is 70.5 cm³/mol. The van der Waals surface area contributed by atoms with Crippen molar-refractivity contribution in [1.82, 2.24) is 5.32 Å². The van der Waals surface area contributed by atoms with E-state index < -0.39 is 15.1 Å². The lowest BCUT2D eigenvalue weighted by molar-refractivity contribution is 0.296. The minimum absolute atomic E-state index is 0.197. The second-order valence-corrected chi connectivity index (χ2v) is 7.18. The van der Waals surface area contributed by atoms with Crippen LogP contribution in [0.1, 0.15) is 24.9 Å². The molecule has 2 aliphatic heterocycles. The third kappa shape index (κ3) is 1.81. The lowest BCUT2D eigenvalue weighted by atomic mass is 10.0. The summed E-state index contributed by atoms with van der Waals surface area (Å²) in [5, 5.41) is 2.60. The zero-order valence-electron chi connectivity index (χ0n) is 11.0. The van der Waals surface area contributed by atoms with Crippen LogP contribution in [0.25, 0.3) is 0 Å². The molecule has 0 radical (unpaired) electrons. The van der Waals surface area contributed by atoms with Gasteiger partial charge in [-0.25, -0.2) is 8.42 Å². The van der Waals surface area contributed by atoms with Crippen LogP contribution in [0.5, 0.6) is 11.5 Å². The average molecular weight is 283 g/mol. The van der Waals surface area contributed by atoms with E-state index in [2.05, 4.69) is 5.32 Å².